The van der Waals surface area contributed by atoms with Crippen LogP contribution in [0, 0.1) is 0 Å². The standard InChI is InChI=1S/C21H27N3O2S/c1-4-23(5-2)12-13-24-19(11-14-26-3)22-20-17(21(24)25)15-18(27-20)16-9-7-6-8-10-16/h6-10,15H,4-5,11-14H2,1-3H3. The summed E-state index contributed by atoms with van der Waals surface area (Å²) in [6, 6.07) is 12.1. The molecule has 3 rings (SSSR count). The molecule has 6 heteroatoms. The van der Waals surface area contributed by atoms with E-state index in [2.05, 4.69) is 30.9 Å². The van der Waals surface area contributed by atoms with Gasteiger partial charge in [-0.2, -0.15) is 0 Å². The van der Waals surface area contributed by atoms with Gasteiger partial charge < -0.3 is 9.64 Å². The lowest BCUT2D eigenvalue weighted by Crippen LogP contribution is -2.33. The van der Waals surface area contributed by atoms with Gasteiger partial charge in [-0.1, -0.05) is 44.2 Å². The second-order valence-corrected chi connectivity index (χ2v) is 7.48. The number of hydrogen-bond acceptors (Lipinski definition) is 5. The number of likely N-dealkylation sites (N-methyl/N-ethyl adjacent to an activating group) is 1. The summed E-state index contributed by atoms with van der Waals surface area (Å²) in [6.07, 6.45) is 0.637. The molecule has 0 saturated heterocycles. The van der Waals surface area contributed by atoms with Crippen molar-refractivity contribution in [3.8, 4) is 10.4 Å². The van der Waals surface area contributed by atoms with E-state index in [9.17, 15) is 4.79 Å². The van der Waals surface area contributed by atoms with Gasteiger partial charge in [-0.15, -0.1) is 11.3 Å². The molecule has 5 nitrogen and oxygen atoms in total. The molecule has 0 atom stereocenters. The van der Waals surface area contributed by atoms with Crippen molar-refractivity contribution in [2.45, 2.75) is 26.8 Å². The van der Waals surface area contributed by atoms with Crippen molar-refractivity contribution in [1.29, 1.82) is 0 Å². The Morgan fingerprint density at radius 1 is 1.19 bits per heavy atom. The number of fused-ring (bicyclic) bond motifs is 1. The van der Waals surface area contributed by atoms with E-state index >= 15 is 0 Å². The summed E-state index contributed by atoms with van der Waals surface area (Å²) in [5, 5.41) is 0.708. The van der Waals surface area contributed by atoms with Crippen LogP contribution in [0.2, 0.25) is 0 Å². The second-order valence-electron chi connectivity index (χ2n) is 6.45. The van der Waals surface area contributed by atoms with Crippen LogP contribution >= 0.6 is 11.3 Å². The van der Waals surface area contributed by atoms with Crippen molar-refractivity contribution in [2.24, 2.45) is 0 Å². The Morgan fingerprint density at radius 2 is 1.93 bits per heavy atom. The number of ether oxygens (including phenoxy) is 1. The Hall–Kier alpha value is -2.02. The van der Waals surface area contributed by atoms with Crippen LogP contribution in [0.3, 0.4) is 0 Å². The van der Waals surface area contributed by atoms with E-state index in [1.165, 1.54) is 0 Å². The van der Waals surface area contributed by atoms with Crippen molar-refractivity contribution in [2.75, 3.05) is 33.4 Å². The van der Waals surface area contributed by atoms with Crippen molar-refractivity contribution in [3.63, 3.8) is 0 Å². The lowest BCUT2D eigenvalue weighted by atomic mass is 10.2. The summed E-state index contributed by atoms with van der Waals surface area (Å²) >= 11 is 1.58. The summed E-state index contributed by atoms with van der Waals surface area (Å²) in [5.74, 6) is 0.808. The zero-order chi connectivity index (χ0) is 19.2. The lowest BCUT2D eigenvalue weighted by Gasteiger charge is -2.20. The molecule has 0 aliphatic rings. The van der Waals surface area contributed by atoms with Gasteiger partial charge in [0.15, 0.2) is 0 Å². The first-order valence-electron chi connectivity index (χ1n) is 9.47. The second kappa shape index (κ2) is 9.26. The summed E-state index contributed by atoms with van der Waals surface area (Å²) in [5.41, 5.74) is 1.17. The molecule has 0 saturated carbocycles. The zero-order valence-corrected chi connectivity index (χ0v) is 17.1. The molecule has 0 radical (unpaired) electrons. The number of rotatable bonds is 9. The third kappa shape index (κ3) is 4.46. The average Bonchev–Trinajstić information content (AvgIpc) is 3.14. The van der Waals surface area contributed by atoms with Gasteiger partial charge in [0.2, 0.25) is 0 Å². The van der Waals surface area contributed by atoms with Gasteiger partial charge in [-0.25, -0.2) is 4.98 Å². The summed E-state index contributed by atoms with van der Waals surface area (Å²) in [7, 11) is 1.68. The minimum Gasteiger partial charge on any atom is -0.384 e. The van der Waals surface area contributed by atoms with E-state index in [-0.39, 0.29) is 5.56 Å². The van der Waals surface area contributed by atoms with Crippen LogP contribution in [-0.4, -0.2) is 47.8 Å². The molecule has 0 aliphatic carbocycles. The first-order chi connectivity index (χ1) is 13.2. The Labute approximate surface area is 164 Å². The molecular formula is C21H27N3O2S. The lowest BCUT2D eigenvalue weighted by molar-refractivity contribution is 0.198. The number of aromatic nitrogens is 2. The van der Waals surface area contributed by atoms with Crippen LogP contribution < -0.4 is 5.56 Å². The van der Waals surface area contributed by atoms with Crippen molar-refractivity contribution >= 4 is 21.6 Å². The fraction of sp³-hybridized carbons (Fsp3) is 0.429. The van der Waals surface area contributed by atoms with Gasteiger partial charge in [0.1, 0.15) is 10.7 Å². The first kappa shape index (κ1) is 19.7. The van der Waals surface area contributed by atoms with Gasteiger partial charge in [-0.05, 0) is 24.7 Å². The molecule has 144 valence electrons. The maximum atomic E-state index is 13.2. The minimum atomic E-state index is 0.0525. The minimum absolute atomic E-state index is 0.0525. The summed E-state index contributed by atoms with van der Waals surface area (Å²) in [6.45, 7) is 8.29. The molecule has 2 aromatic heterocycles. The summed E-state index contributed by atoms with van der Waals surface area (Å²) in [4.78, 5) is 22.3. The van der Waals surface area contributed by atoms with Gasteiger partial charge in [0, 0.05) is 31.5 Å². The largest absolute Gasteiger partial charge is 0.384 e. The fourth-order valence-corrected chi connectivity index (χ4v) is 4.24. The topological polar surface area (TPSA) is 47.4 Å². The SMILES string of the molecule is CCN(CC)CCn1c(CCOC)nc2sc(-c3ccccc3)cc2c1=O. The van der Waals surface area contributed by atoms with E-state index in [0.29, 0.717) is 25.0 Å². The quantitative estimate of drug-likeness (QED) is 0.564. The number of nitrogens with zero attached hydrogens (tertiary/aromatic N) is 3. The number of benzene rings is 1. The van der Waals surface area contributed by atoms with E-state index in [1.807, 2.05) is 28.8 Å². The van der Waals surface area contributed by atoms with Crippen LogP contribution in [0.1, 0.15) is 19.7 Å². The van der Waals surface area contributed by atoms with Gasteiger partial charge >= 0.3 is 0 Å². The maximum Gasteiger partial charge on any atom is 0.262 e. The van der Waals surface area contributed by atoms with Crippen molar-refractivity contribution in [1.82, 2.24) is 14.5 Å². The highest BCUT2D eigenvalue weighted by Gasteiger charge is 2.15. The predicted octanol–water partition coefficient (Wildman–Crippen LogP) is 3.66. The highest BCUT2D eigenvalue weighted by molar-refractivity contribution is 7.21. The molecule has 0 N–H and O–H groups in total. The van der Waals surface area contributed by atoms with Gasteiger partial charge in [0.25, 0.3) is 5.56 Å². The molecule has 2 heterocycles. The van der Waals surface area contributed by atoms with Gasteiger partial charge in [-0.3, -0.25) is 9.36 Å². The van der Waals surface area contributed by atoms with Crippen molar-refractivity contribution < 1.29 is 4.74 Å². The monoisotopic (exact) mass is 385 g/mol. The van der Waals surface area contributed by atoms with E-state index in [1.54, 1.807) is 18.4 Å². The molecule has 0 aliphatic heterocycles. The van der Waals surface area contributed by atoms with Crippen LogP contribution in [0.25, 0.3) is 20.7 Å². The van der Waals surface area contributed by atoms with E-state index in [4.69, 9.17) is 9.72 Å². The Morgan fingerprint density at radius 3 is 2.59 bits per heavy atom. The molecule has 1 aromatic carbocycles. The number of hydrogen-bond donors (Lipinski definition) is 0. The number of thiophene rings is 1. The Kier molecular flexibility index (Phi) is 6.77. The Bertz CT molecular complexity index is 930. The first-order valence-corrected chi connectivity index (χ1v) is 10.3. The van der Waals surface area contributed by atoms with E-state index < -0.39 is 0 Å². The predicted molar refractivity (Wildman–Crippen MR) is 113 cm³/mol. The highest BCUT2D eigenvalue weighted by Crippen LogP contribution is 2.31. The molecule has 0 unspecified atom stereocenters. The normalized spacial score (nSPS) is 11.6. The smallest absolute Gasteiger partial charge is 0.262 e. The maximum absolute atomic E-state index is 13.2. The van der Waals surface area contributed by atoms with E-state index in [0.717, 1.165) is 40.7 Å². The average molecular weight is 386 g/mol. The molecule has 0 fully saturated rings. The number of methoxy groups -OCH3 is 1. The molecular weight excluding hydrogens is 358 g/mol. The van der Waals surface area contributed by atoms with Gasteiger partial charge in [0.05, 0.1) is 12.0 Å². The molecule has 0 amide bonds. The van der Waals surface area contributed by atoms with Crippen LogP contribution in [0.15, 0.2) is 41.2 Å². The van der Waals surface area contributed by atoms with Crippen molar-refractivity contribution in [3.05, 3.63) is 52.6 Å². The molecule has 27 heavy (non-hydrogen) atoms. The third-order valence-electron chi connectivity index (χ3n) is 4.85. The molecule has 3 aromatic rings. The Balaban J connectivity index is 2.03. The zero-order valence-electron chi connectivity index (χ0n) is 16.3. The van der Waals surface area contributed by atoms with Crippen LogP contribution in [-0.2, 0) is 17.7 Å². The van der Waals surface area contributed by atoms with Crippen LogP contribution in [0.4, 0.5) is 0 Å². The highest BCUT2D eigenvalue weighted by atomic mass is 32.1. The molecule has 0 spiro atoms. The fourth-order valence-electron chi connectivity index (χ4n) is 3.20. The molecule has 0 bridgehead atoms. The van der Waals surface area contributed by atoms with Crippen LogP contribution in [0.5, 0.6) is 0 Å². The summed E-state index contributed by atoms with van der Waals surface area (Å²) < 4.78 is 7.07. The third-order valence-corrected chi connectivity index (χ3v) is 5.93.